The fraction of sp³-hybridized carbons (Fsp3) is 0.364. The van der Waals surface area contributed by atoms with Crippen LogP contribution in [0.2, 0.25) is 0 Å². The Bertz CT molecular complexity index is 336. The molecule has 0 aliphatic carbocycles. The van der Waals surface area contributed by atoms with Gasteiger partial charge < -0.3 is 4.90 Å². The standard InChI is InChI=1S/C11H15NO3/c1-9(13)14-15-11-6-4-5-10(7-11)8-12(2)3/h4-7H,8H2,1-3H3. The summed E-state index contributed by atoms with van der Waals surface area (Å²) >= 11 is 0. The van der Waals surface area contributed by atoms with Crippen molar-refractivity contribution in [1.29, 1.82) is 0 Å². The first-order valence-corrected chi connectivity index (χ1v) is 4.66. The van der Waals surface area contributed by atoms with Gasteiger partial charge in [-0.15, -0.1) is 0 Å². The second kappa shape index (κ2) is 5.36. The van der Waals surface area contributed by atoms with Gasteiger partial charge in [-0.05, 0) is 31.8 Å². The molecule has 0 aliphatic heterocycles. The monoisotopic (exact) mass is 209 g/mol. The van der Waals surface area contributed by atoms with Crippen molar-refractivity contribution in [2.24, 2.45) is 0 Å². The lowest BCUT2D eigenvalue weighted by atomic mass is 10.2. The minimum atomic E-state index is -0.465. The molecule has 4 heteroatoms. The molecule has 0 amide bonds. The van der Waals surface area contributed by atoms with Crippen LogP contribution in [0.4, 0.5) is 0 Å². The summed E-state index contributed by atoms with van der Waals surface area (Å²) in [6, 6.07) is 7.42. The second-order valence-corrected chi connectivity index (χ2v) is 3.54. The molecule has 0 fully saturated rings. The zero-order valence-corrected chi connectivity index (χ0v) is 9.19. The van der Waals surface area contributed by atoms with E-state index in [0.29, 0.717) is 5.75 Å². The van der Waals surface area contributed by atoms with Crippen LogP contribution in [0, 0.1) is 0 Å². The first kappa shape index (κ1) is 11.5. The third kappa shape index (κ3) is 4.46. The highest BCUT2D eigenvalue weighted by atomic mass is 17.2. The van der Waals surface area contributed by atoms with Crippen LogP contribution in [-0.2, 0) is 16.2 Å². The second-order valence-electron chi connectivity index (χ2n) is 3.54. The van der Waals surface area contributed by atoms with Crippen molar-refractivity contribution in [2.75, 3.05) is 14.1 Å². The lowest BCUT2D eigenvalue weighted by molar-refractivity contribution is -0.210. The van der Waals surface area contributed by atoms with Gasteiger partial charge in [0.15, 0.2) is 5.75 Å². The quantitative estimate of drug-likeness (QED) is 0.557. The van der Waals surface area contributed by atoms with Gasteiger partial charge in [0, 0.05) is 13.5 Å². The average molecular weight is 209 g/mol. The Morgan fingerprint density at radius 1 is 1.40 bits per heavy atom. The lowest BCUT2D eigenvalue weighted by Gasteiger charge is -2.10. The minimum Gasteiger partial charge on any atom is -0.305 e. The van der Waals surface area contributed by atoms with E-state index >= 15 is 0 Å². The van der Waals surface area contributed by atoms with Gasteiger partial charge in [0.2, 0.25) is 0 Å². The summed E-state index contributed by atoms with van der Waals surface area (Å²) in [5.74, 6) is 0.0672. The van der Waals surface area contributed by atoms with E-state index in [0.717, 1.165) is 12.1 Å². The minimum absolute atomic E-state index is 0.465. The van der Waals surface area contributed by atoms with E-state index in [1.54, 1.807) is 6.07 Å². The van der Waals surface area contributed by atoms with Gasteiger partial charge in [-0.1, -0.05) is 12.1 Å². The molecule has 0 aliphatic rings. The van der Waals surface area contributed by atoms with Gasteiger partial charge in [0.1, 0.15) is 0 Å². The molecule has 0 atom stereocenters. The Kier molecular flexibility index (Phi) is 4.12. The third-order valence-corrected chi connectivity index (χ3v) is 1.65. The Hall–Kier alpha value is -1.55. The Morgan fingerprint density at radius 3 is 2.73 bits per heavy atom. The van der Waals surface area contributed by atoms with Gasteiger partial charge in [-0.2, -0.15) is 0 Å². The van der Waals surface area contributed by atoms with Crippen molar-refractivity contribution in [2.45, 2.75) is 13.5 Å². The SMILES string of the molecule is CC(=O)OOc1cccc(CN(C)C)c1. The smallest absolute Gasteiger partial charge is 0.305 e. The number of carbonyl (C=O) groups excluding carboxylic acids is 1. The highest BCUT2D eigenvalue weighted by Crippen LogP contribution is 2.14. The molecule has 0 unspecified atom stereocenters. The Balaban J connectivity index is 2.61. The largest absolute Gasteiger partial charge is 0.352 e. The highest BCUT2D eigenvalue weighted by Gasteiger charge is 2.00. The van der Waals surface area contributed by atoms with Gasteiger partial charge in [-0.3, -0.25) is 9.78 Å². The van der Waals surface area contributed by atoms with E-state index < -0.39 is 5.97 Å². The molecule has 15 heavy (non-hydrogen) atoms. The van der Waals surface area contributed by atoms with E-state index in [1.165, 1.54) is 6.92 Å². The number of hydrogen-bond acceptors (Lipinski definition) is 4. The van der Waals surface area contributed by atoms with E-state index in [-0.39, 0.29) is 0 Å². The molecule has 1 aromatic rings. The summed E-state index contributed by atoms with van der Waals surface area (Å²) in [7, 11) is 3.97. The summed E-state index contributed by atoms with van der Waals surface area (Å²) in [6.07, 6.45) is 0. The number of hydrogen-bond donors (Lipinski definition) is 0. The molecular weight excluding hydrogens is 194 g/mol. The molecule has 0 spiro atoms. The van der Waals surface area contributed by atoms with Crippen molar-refractivity contribution < 1.29 is 14.6 Å². The molecule has 82 valence electrons. The fourth-order valence-corrected chi connectivity index (χ4v) is 1.17. The zero-order valence-electron chi connectivity index (χ0n) is 9.19. The lowest BCUT2D eigenvalue weighted by Crippen LogP contribution is -2.10. The van der Waals surface area contributed by atoms with Gasteiger partial charge in [0.25, 0.3) is 0 Å². The van der Waals surface area contributed by atoms with E-state index in [2.05, 4.69) is 4.89 Å². The first-order valence-electron chi connectivity index (χ1n) is 4.66. The maximum absolute atomic E-state index is 10.5. The third-order valence-electron chi connectivity index (χ3n) is 1.65. The topological polar surface area (TPSA) is 38.8 Å². The maximum Gasteiger partial charge on any atom is 0.352 e. The normalized spacial score (nSPS) is 10.1. The van der Waals surface area contributed by atoms with E-state index in [4.69, 9.17) is 4.89 Å². The summed E-state index contributed by atoms with van der Waals surface area (Å²) in [5.41, 5.74) is 1.10. The van der Waals surface area contributed by atoms with Crippen LogP contribution in [0.15, 0.2) is 24.3 Å². The summed E-state index contributed by atoms with van der Waals surface area (Å²) in [4.78, 5) is 21.8. The highest BCUT2D eigenvalue weighted by molar-refractivity contribution is 5.65. The van der Waals surface area contributed by atoms with Crippen molar-refractivity contribution in [3.05, 3.63) is 29.8 Å². The zero-order chi connectivity index (χ0) is 11.3. The molecule has 1 aromatic carbocycles. The van der Waals surface area contributed by atoms with Crippen LogP contribution >= 0.6 is 0 Å². The van der Waals surface area contributed by atoms with Crippen molar-refractivity contribution in [1.82, 2.24) is 4.90 Å². The molecule has 0 saturated carbocycles. The molecular formula is C11H15NO3. The van der Waals surface area contributed by atoms with E-state index in [1.807, 2.05) is 37.2 Å². The predicted molar refractivity (Wildman–Crippen MR) is 56.2 cm³/mol. The summed E-state index contributed by atoms with van der Waals surface area (Å²) < 4.78 is 0. The molecule has 4 nitrogen and oxygen atoms in total. The molecule has 1 rings (SSSR count). The fourth-order valence-electron chi connectivity index (χ4n) is 1.17. The van der Waals surface area contributed by atoms with Crippen molar-refractivity contribution >= 4 is 5.97 Å². The van der Waals surface area contributed by atoms with E-state index in [9.17, 15) is 4.79 Å². The van der Waals surface area contributed by atoms with Gasteiger partial charge >= 0.3 is 5.97 Å². The Labute approximate surface area is 89.3 Å². The van der Waals surface area contributed by atoms with Crippen LogP contribution < -0.4 is 4.89 Å². The molecule has 0 N–H and O–H groups in total. The van der Waals surface area contributed by atoms with Crippen LogP contribution in [0.3, 0.4) is 0 Å². The number of benzene rings is 1. The molecule has 0 radical (unpaired) electrons. The molecule has 0 bridgehead atoms. The summed E-state index contributed by atoms with van der Waals surface area (Å²) in [5, 5.41) is 0. The maximum atomic E-state index is 10.5. The van der Waals surface area contributed by atoms with Crippen molar-refractivity contribution in [3.63, 3.8) is 0 Å². The number of carbonyl (C=O) groups is 1. The molecule has 0 saturated heterocycles. The van der Waals surface area contributed by atoms with Crippen LogP contribution in [0.5, 0.6) is 5.75 Å². The number of nitrogens with zero attached hydrogens (tertiary/aromatic N) is 1. The molecule has 0 aromatic heterocycles. The molecule has 0 heterocycles. The average Bonchev–Trinajstić information content (AvgIpc) is 2.14. The van der Waals surface area contributed by atoms with Gasteiger partial charge in [0.05, 0.1) is 0 Å². The van der Waals surface area contributed by atoms with Crippen LogP contribution in [0.1, 0.15) is 12.5 Å². The number of rotatable bonds is 4. The van der Waals surface area contributed by atoms with Crippen molar-refractivity contribution in [3.8, 4) is 5.75 Å². The Morgan fingerprint density at radius 2 is 2.13 bits per heavy atom. The van der Waals surface area contributed by atoms with Crippen LogP contribution in [-0.4, -0.2) is 25.0 Å². The van der Waals surface area contributed by atoms with Gasteiger partial charge in [-0.25, -0.2) is 4.79 Å². The first-order chi connectivity index (χ1) is 7.08. The van der Waals surface area contributed by atoms with Crippen LogP contribution in [0.25, 0.3) is 0 Å². The predicted octanol–water partition coefficient (Wildman–Crippen LogP) is 1.61. The summed E-state index contributed by atoms with van der Waals surface area (Å²) in [6.45, 7) is 2.11.